The number of likely N-dealkylation sites (N-methyl/N-ethyl adjacent to an activating group) is 1. The number of carbonyl (C=O) groups excluding carboxylic acids is 5. The molecular formula is C44H50N6O10S6. The number of hydrogen-bond acceptors (Lipinski definition) is 17. The van der Waals surface area contributed by atoms with E-state index in [0.717, 1.165) is 48.0 Å². The summed E-state index contributed by atoms with van der Waals surface area (Å²) in [6.07, 6.45) is 8.48. The number of anilines is 2. The van der Waals surface area contributed by atoms with Gasteiger partial charge in [0.05, 0.1) is 15.3 Å². The highest BCUT2D eigenvalue weighted by molar-refractivity contribution is 8.30. The van der Waals surface area contributed by atoms with Crippen molar-refractivity contribution in [3.05, 3.63) is 88.6 Å². The molecule has 3 fully saturated rings. The Kier molecular flexibility index (Phi) is 19.6. The van der Waals surface area contributed by atoms with E-state index >= 15 is 0 Å². The summed E-state index contributed by atoms with van der Waals surface area (Å²) in [6, 6.07) is 15.0. The van der Waals surface area contributed by atoms with Crippen LogP contribution >= 0.6 is 71.1 Å². The van der Waals surface area contributed by atoms with Crippen molar-refractivity contribution < 1.29 is 43.4 Å². The van der Waals surface area contributed by atoms with Crippen molar-refractivity contribution in [2.45, 2.75) is 73.0 Å². The summed E-state index contributed by atoms with van der Waals surface area (Å²) >= 11 is 15.2. The van der Waals surface area contributed by atoms with Crippen molar-refractivity contribution >= 4 is 138 Å². The van der Waals surface area contributed by atoms with Crippen LogP contribution in [0, 0.1) is 0 Å². The summed E-state index contributed by atoms with van der Waals surface area (Å²) < 4.78 is 8.08. The minimum absolute atomic E-state index is 0.152. The van der Waals surface area contributed by atoms with Gasteiger partial charge in [-0.05, 0) is 74.1 Å². The zero-order valence-electron chi connectivity index (χ0n) is 37.0. The van der Waals surface area contributed by atoms with Crippen LogP contribution in [0.15, 0.2) is 57.2 Å². The Morgan fingerprint density at radius 1 is 0.848 bits per heavy atom. The summed E-state index contributed by atoms with van der Waals surface area (Å²) in [5.74, 6) is -2.08. The van der Waals surface area contributed by atoms with Gasteiger partial charge < -0.3 is 19.6 Å². The number of carboxylic acid groups (broad SMARTS) is 1. The van der Waals surface area contributed by atoms with Crippen molar-refractivity contribution in [1.29, 1.82) is 0 Å². The van der Waals surface area contributed by atoms with E-state index in [1.165, 1.54) is 105 Å². The lowest BCUT2D eigenvalue weighted by atomic mass is 10.0. The van der Waals surface area contributed by atoms with Gasteiger partial charge in [0.2, 0.25) is 5.91 Å². The Morgan fingerprint density at radius 3 is 2.11 bits per heavy atom. The second-order valence-electron chi connectivity index (χ2n) is 14.5. The van der Waals surface area contributed by atoms with Crippen LogP contribution in [0.2, 0.25) is 0 Å². The van der Waals surface area contributed by atoms with Crippen molar-refractivity contribution in [1.82, 2.24) is 24.7 Å². The zero-order chi connectivity index (χ0) is 48.1. The molecule has 0 unspecified atom stereocenters. The van der Waals surface area contributed by atoms with E-state index in [0.29, 0.717) is 52.2 Å². The summed E-state index contributed by atoms with van der Waals surface area (Å²) in [5.41, 5.74) is 7.89. The number of carboxylic acids is 1. The number of rotatable bonds is 14. The molecule has 16 nitrogen and oxygen atoms in total. The standard InChI is InChI=1S/C31H33N3O4S3.C10H10N2O4S3.C3H7NO2/c1-3-5-6-9-16-33-24-11-8-7-10-22(24)13-14-23-17-21(12-15-25(23)33)18-26-28(36)34(19-38-20-35)30(40-26)27-29(37)32(4-2)31(39)41-27;1-2-11-8(16)7(19-10(11)17)9-12(3-6(14)15)5(13)4-18-9;1-3(5)6-4-2/h7-8,10-12,15,17-18,20H,3-6,9,13-14,16,19H2,1-2H3;2-4H2,1H3,(H,14,15);4H,1-2H3/b26-18+,30-27+;9-7+;. The molecule has 2 aromatic carbocycles. The molecule has 4 aliphatic rings. The highest BCUT2D eigenvalue weighted by Gasteiger charge is 2.40. The number of nitrogens with one attached hydrogen (secondary N) is 1. The van der Waals surface area contributed by atoms with E-state index in [1.54, 1.807) is 6.92 Å². The Morgan fingerprint density at radius 2 is 1.50 bits per heavy atom. The van der Waals surface area contributed by atoms with Gasteiger partial charge in [-0.15, -0.1) is 11.3 Å². The van der Waals surface area contributed by atoms with E-state index in [2.05, 4.69) is 58.5 Å². The molecule has 22 heteroatoms. The van der Waals surface area contributed by atoms with Gasteiger partial charge in [0.1, 0.15) is 29.7 Å². The van der Waals surface area contributed by atoms with Crippen molar-refractivity contribution in [3.63, 3.8) is 0 Å². The molecule has 0 atom stereocenters. The topological polar surface area (TPSA) is 188 Å². The third-order valence-electron chi connectivity index (χ3n) is 10.2. The fourth-order valence-electron chi connectivity index (χ4n) is 7.17. The van der Waals surface area contributed by atoms with Gasteiger partial charge in [-0.25, -0.2) is 0 Å². The number of aliphatic carboxylic acids is 1. The van der Waals surface area contributed by atoms with Gasteiger partial charge in [-0.1, -0.05) is 110 Å². The Bertz CT molecular complexity index is 2610. The molecule has 4 aliphatic heterocycles. The number of hydroxylamine groups is 1. The van der Waals surface area contributed by atoms with Crippen molar-refractivity contribution in [3.8, 4) is 0 Å². The number of thiazole rings is 1. The lowest BCUT2D eigenvalue weighted by Crippen LogP contribution is -2.34. The quantitative estimate of drug-likeness (QED) is 0.0717. The predicted molar refractivity (Wildman–Crippen MR) is 268 cm³/mol. The van der Waals surface area contributed by atoms with Crippen molar-refractivity contribution in [2.24, 2.45) is 0 Å². The third kappa shape index (κ3) is 12.6. The predicted octanol–water partition coefficient (Wildman–Crippen LogP) is 5.05. The molecule has 0 spiro atoms. The number of benzene rings is 2. The minimum atomic E-state index is -1.11. The summed E-state index contributed by atoms with van der Waals surface area (Å²) in [4.78, 5) is 93.2. The second-order valence-corrected chi connectivity index (χ2v) is 19.8. The molecule has 2 N–H and O–H groups in total. The highest BCUT2D eigenvalue weighted by Crippen LogP contribution is 2.41. The normalized spacial score (nSPS) is 17.8. The summed E-state index contributed by atoms with van der Waals surface area (Å²) in [5, 5.41) is 9.22. The van der Waals surface area contributed by atoms with Gasteiger partial charge in [0.25, 0.3) is 23.8 Å². The van der Waals surface area contributed by atoms with E-state index < -0.39 is 12.5 Å². The molecule has 0 radical (unpaired) electrons. The Labute approximate surface area is 409 Å². The van der Waals surface area contributed by atoms with Crippen LogP contribution in [0.25, 0.3) is 11.0 Å². The molecule has 0 saturated carbocycles. The molecule has 3 aromatic rings. The number of unbranched alkanes of at least 4 members (excludes halogenated alkanes) is 3. The number of carbonyl (C=O) groups is 6. The number of thioether (sulfide) groups is 3. The number of aromatic nitrogens is 1. The monoisotopic (exact) mass is 1010 g/mol. The van der Waals surface area contributed by atoms with E-state index in [4.69, 9.17) is 34.3 Å². The molecule has 0 bridgehead atoms. The SMILES string of the molecule is CCCCCCN1c2ccccc2CCc2cc(/C=c3/s/c(=C4/SC(=S)N(CC)C4=O)n(COC=O)c3=O)ccc21.CCN1C(=O)/C(=C2\SCC(=O)N2CC(=O)O)SC1=S.CNOC(C)=O. The summed E-state index contributed by atoms with van der Waals surface area (Å²) in [6.45, 7) is 8.68. The average Bonchev–Trinajstić information content (AvgIpc) is 3.95. The number of amides is 3. The van der Waals surface area contributed by atoms with Gasteiger partial charge in [0.15, 0.2) is 6.73 Å². The molecule has 3 saturated heterocycles. The zero-order valence-corrected chi connectivity index (χ0v) is 41.9. The Balaban J connectivity index is 0.000000269. The second kappa shape index (κ2) is 24.8. The van der Waals surface area contributed by atoms with Crippen molar-refractivity contribution in [2.75, 3.05) is 43.9 Å². The number of fused-ring (bicyclic) bond motifs is 2. The first-order chi connectivity index (χ1) is 31.7. The lowest BCUT2D eigenvalue weighted by molar-refractivity contribution is -0.147. The first-order valence-corrected chi connectivity index (χ1v) is 25.2. The fraction of sp³-hybridized carbons (Fsp3) is 0.386. The van der Waals surface area contributed by atoms with Gasteiger partial charge in [-0.2, -0.15) is 5.48 Å². The van der Waals surface area contributed by atoms with E-state index in [-0.39, 0.29) is 41.7 Å². The minimum Gasteiger partial charge on any atom is -0.480 e. The molecule has 0 aliphatic carbocycles. The maximum Gasteiger partial charge on any atom is 0.323 e. The first kappa shape index (κ1) is 52.1. The van der Waals surface area contributed by atoms with Crippen LogP contribution < -0.4 is 25.1 Å². The largest absolute Gasteiger partial charge is 0.480 e. The summed E-state index contributed by atoms with van der Waals surface area (Å²) in [7, 11) is 1.53. The van der Waals surface area contributed by atoms with Gasteiger partial charge in [-0.3, -0.25) is 52.8 Å². The molecular weight excluding hydrogens is 965 g/mol. The van der Waals surface area contributed by atoms with Crippen LogP contribution in [0.1, 0.15) is 70.1 Å². The molecule has 7 rings (SSSR count). The number of ether oxygens (including phenoxy) is 1. The van der Waals surface area contributed by atoms with Gasteiger partial charge in [0, 0.05) is 45.0 Å². The lowest BCUT2D eigenvalue weighted by Gasteiger charge is -2.27. The van der Waals surface area contributed by atoms with Gasteiger partial charge >= 0.3 is 11.9 Å². The molecule has 352 valence electrons. The highest BCUT2D eigenvalue weighted by atomic mass is 32.2. The number of aryl methyl sites for hydroxylation is 2. The first-order valence-electron chi connectivity index (χ1n) is 21.0. The number of para-hydroxylation sites is 1. The van der Waals surface area contributed by atoms with Crippen LogP contribution in [0.5, 0.6) is 0 Å². The fourth-order valence-corrected chi connectivity index (χ4v) is 12.4. The van der Waals surface area contributed by atoms with Crippen LogP contribution in [-0.4, -0.2) is 108 Å². The average molecular weight is 1020 g/mol. The molecule has 5 heterocycles. The number of thiocarbonyl (C=S) groups is 2. The van der Waals surface area contributed by atoms with Crippen LogP contribution in [0.4, 0.5) is 11.4 Å². The maximum atomic E-state index is 13.5. The smallest absolute Gasteiger partial charge is 0.323 e. The van der Waals surface area contributed by atoms with Crippen LogP contribution in [-0.2, 0) is 57.9 Å². The molecule has 66 heavy (non-hydrogen) atoms. The maximum absolute atomic E-state index is 13.5. The van der Waals surface area contributed by atoms with E-state index in [9.17, 15) is 33.6 Å². The third-order valence-corrected chi connectivity index (χ3v) is 15.5. The molecule has 1 aromatic heterocycles. The van der Waals surface area contributed by atoms with E-state index in [1.807, 2.05) is 19.1 Å². The Hall–Kier alpha value is -4.84. The molecule has 3 amide bonds. The van der Waals surface area contributed by atoms with Crippen LogP contribution in [0.3, 0.4) is 0 Å². The number of hydrogen-bond donors (Lipinski definition) is 2. The number of nitrogens with zero attached hydrogens (tertiary/aromatic N) is 5.